The van der Waals surface area contributed by atoms with Gasteiger partial charge in [-0.05, 0) is 104 Å². The molecule has 0 saturated heterocycles. The largest absolute Gasteiger partial charge is 0.338 e. The van der Waals surface area contributed by atoms with Crippen molar-refractivity contribution in [3.63, 3.8) is 0 Å². The lowest BCUT2D eigenvalue weighted by molar-refractivity contribution is -0.120. The van der Waals surface area contributed by atoms with Crippen molar-refractivity contribution in [2.75, 3.05) is 10.6 Å². The van der Waals surface area contributed by atoms with Crippen molar-refractivity contribution < 1.29 is 39.1 Å². The van der Waals surface area contributed by atoms with E-state index in [1.165, 1.54) is 24.3 Å². The van der Waals surface area contributed by atoms with Crippen LogP contribution in [-0.4, -0.2) is 34.0 Å². The van der Waals surface area contributed by atoms with Crippen LogP contribution in [0.4, 0.5) is 29.3 Å². The summed E-state index contributed by atoms with van der Waals surface area (Å²) in [5, 5.41) is 50.6. The molecule has 4 aromatic rings. The van der Waals surface area contributed by atoms with Gasteiger partial charge in [0, 0.05) is 52.5 Å². The highest BCUT2D eigenvalue weighted by molar-refractivity contribution is 5.96. The van der Waals surface area contributed by atoms with Crippen LogP contribution in [0.1, 0.15) is 155 Å². The molecule has 12 nitrogen and oxygen atoms in total. The van der Waals surface area contributed by atoms with E-state index in [-0.39, 0.29) is 81.3 Å². The van der Waals surface area contributed by atoms with Gasteiger partial charge in [-0.3, -0.25) is 20.2 Å². The molecule has 2 aromatic carbocycles. The molecule has 318 valence electrons. The Balaban J connectivity index is 0.000000230. The number of nitriles is 4. The average molecular weight is 839 g/mol. The van der Waals surface area contributed by atoms with Gasteiger partial charge in [0.25, 0.3) is 0 Å². The topological polar surface area (TPSA) is 205 Å². The van der Waals surface area contributed by atoms with E-state index in [1.807, 2.05) is 24.3 Å². The lowest BCUT2D eigenvalue weighted by Gasteiger charge is -2.33. The van der Waals surface area contributed by atoms with Crippen LogP contribution in [0.25, 0.3) is 0 Å². The minimum absolute atomic E-state index is 0. The number of nitrogens with zero attached hydrogens (tertiary/aromatic N) is 6. The number of rotatable bonds is 10. The third kappa shape index (κ3) is 10.1. The van der Waals surface area contributed by atoms with Crippen molar-refractivity contribution >= 4 is 23.6 Å². The van der Waals surface area contributed by atoms with Crippen LogP contribution in [0.3, 0.4) is 0 Å². The van der Waals surface area contributed by atoms with E-state index < -0.39 is 47.8 Å². The molecular formula is C45H46F4N8O4. The number of anilines is 2. The average Bonchev–Trinajstić information content (AvgIpc) is 3.94. The first-order chi connectivity index (χ1) is 29.3. The molecule has 0 radical (unpaired) electrons. The fourth-order valence-electron chi connectivity index (χ4n) is 8.75. The van der Waals surface area contributed by atoms with Crippen LogP contribution in [0.2, 0.25) is 0 Å². The number of benzene rings is 2. The van der Waals surface area contributed by atoms with Crippen LogP contribution < -0.4 is 10.6 Å². The molecule has 3 atom stereocenters. The lowest BCUT2D eigenvalue weighted by Crippen LogP contribution is -2.33. The molecule has 8 rings (SSSR count). The summed E-state index contributed by atoms with van der Waals surface area (Å²) in [6, 6.07) is 20.2. The summed E-state index contributed by atoms with van der Waals surface area (Å²) in [6.07, 6.45) is 5.62. The van der Waals surface area contributed by atoms with E-state index in [0.29, 0.717) is 23.0 Å². The minimum atomic E-state index is -2.84. The predicted octanol–water partition coefficient (Wildman–Crippen LogP) is 10.6. The molecule has 4 aliphatic carbocycles. The second kappa shape index (κ2) is 18.0. The summed E-state index contributed by atoms with van der Waals surface area (Å²) < 4.78 is 65.8. The summed E-state index contributed by atoms with van der Waals surface area (Å²) in [4.78, 5) is 26.4. The fraction of sp³-hybridized carbons (Fsp3) is 0.467. The van der Waals surface area contributed by atoms with Crippen molar-refractivity contribution in [1.29, 1.82) is 21.0 Å². The highest BCUT2D eigenvalue weighted by Crippen LogP contribution is 2.47. The van der Waals surface area contributed by atoms with Crippen molar-refractivity contribution in [3.05, 3.63) is 93.3 Å². The lowest BCUT2D eigenvalue weighted by atomic mass is 9.74. The maximum Gasteiger partial charge on any atom is 0.248 e. The predicted molar refractivity (Wildman–Crippen MR) is 214 cm³/mol. The number of hydrogen-bond donors (Lipinski definition) is 2. The summed E-state index contributed by atoms with van der Waals surface area (Å²) in [5.41, 5.74) is 3.34. The number of aromatic nitrogens is 2. The van der Waals surface area contributed by atoms with Crippen LogP contribution in [0.15, 0.2) is 57.6 Å². The first-order valence-corrected chi connectivity index (χ1v) is 20.5. The zero-order valence-corrected chi connectivity index (χ0v) is 33.1. The molecule has 16 heteroatoms. The second-order valence-corrected chi connectivity index (χ2v) is 16.6. The highest BCUT2D eigenvalue weighted by Gasteiger charge is 2.46. The first-order valence-electron chi connectivity index (χ1n) is 20.5. The molecule has 0 spiro atoms. The van der Waals surface area contributed by atoms with Gasteiger partial charge in [-0.25, -0.2) is 17.6 Å². The molecule has 2 amide bonds. The van der Waals surface area contributed by atoms with Gasteiger partial charge < -0.3 is 9.05 Å². The Kier molecular flexibility index (Phi) is 12.6. The van der Waals surface area contributed by atoms with E-state index in [2.05, 4.69) is 20.9 Å². The number of halogens is 4. The van der Waals surface area contributed by atoms with E-state index >= 15 is 0 Å². The van der Waals surface area contributed by atoms with Crippen LogP contribution in [0, 0.1) is 57.2 Å². The fourth-order valence-corrected chi connectivity index (χ4v) is 8.75. The third-order valence-electron chi connectivity index (χ3n) is 12.5. The molecule has 2 heterocycles. The molecule has 0 bridgehead atoms. The summed E-state index contributed by atoms with van der Waals surface area (Å²) in [6.45, 7) is 0. The smallest absolute Gasteiger partial charge is 0.248 e. The Morgan fingerprint density at radius 1 is 0.590 bits per heavy atom. The van der Waals surface area contributed by atoms with Gasteiger partial charge in [0.2, 0.25) is 35.4 Å². The van der Waals surface area contributed by atoms with E-state index in [1.54, 1.807) is 24.3 Å². The number of amides is 2. The minimum Gasteiger partial charge on any atom is -0.338 e. The SMILES string of the molecule is N#Cc1cc(C#N)cc([C@H](C(=O)Nc2cc(C3CCC3)no2)C2CCC(F)(F)CC2)c1.N#Cc1cc(C#N)cc([C@H](C(=O)Nc2cc(C3CCC3)no2)[C@@H]2CCC(F)(F)C2)c1.[HH].[HH]. The van der Waals surface area contributed by atoms with Crippen LogP contribution >= 0.6 is 0 Å². The Labute approximate surface area is 352 Å². The Hall–Kier alpha value is -6.52. The normalized spacial score (nSPS) is 20.4. The van der Waals surface area contributed by atoms with Gasteiger partial charge in [0.05, 0.1) is 69.8 Å². The van der Waals surface area contributed by atoms with Crippen molar-refractivity contribution in [2.45, 2.75) is 119 Å². The van der Waals surface area contributed by atoms with Crippen LogP contribution in [-0.2, 0) is 9.59 Å². The number of nitrogens with one attached hydrogen (secondary N) is 2. The molecular weight excluding hydrogens is 793 g/mol. The highest BCUT2D eigenvalue weighted by atomic mass is 19.3. The van der Waals surface area contributed by atoms with Crippen molar-refractivity contribution in [3.8, 4) is 24.3 Å². The van der Waals surface area contributed by atoms with Gasteiger partial charge >= 0.3 is 0 Å². The Morgan fingerprint density at radius 3 is 1.31 bits per heavy atom. The Morgan fingerprint density at radius 2 is 0.967 bits per heavy atom. The van der Waals surface area contributed by atoms with E-state index in [0.717, 1.165) is 49.9 Å². The number of alkyl halides is 4. The number of hydrogen-bond acceptors (Lipinski definition) is 10. The number of carbonyl (C=O) groups is 2. The molecule has 61 heavy (non-hydrogen) atoms. The zero-order valence-electron chi connectivity index (χ0n) is 33.1. The maximum atomic E-state index is 13.9. The molecule has 2 N–H and O–H groups in total. The van der Waals surface area contributed by atoms with Crippen LogP contribution in [0.5, 0.6) is 0 Å². The number of carbonyl (C=O) groups excluding carboxylic acids is 2. The molecule has 4 fully saturated rings. The van der Waals surface area contributed by atoms with Gasteiger partial charge in [-0.1, -0.05) is 23.2 Å². The molecule has 4 aliphatic rings. The molecule has 0 aliphatic heterocycles. The van der Waals surface area contributed by atoms with Gasteiger partial charge in [-0.15, -0.1) is 0 Å². The van der Waals surface area contributed by atoms with Gasteiger partial charge in [-0.2, -0.15) is 21.0 Å². The van der Waals surface area contributed by atoms with Gasteiger partial charge in [0.15, 0.2) is 0 Å². The third-order valence-corrected chi connectivity index (χ3v) is 12.5. The van der Waals surface area contributed by atoms with Crippen molar-refractivity contribution in [1.82, 2.24) is 10.3 Å². The van der Waals surface area contributed by atoms with Gasteiger partial charge in [0.1, 0.15) is 0 Å². The summed E-state index contributed by atoms with van der Waals surface area (Å²) in [5.74, 6) is -8.09. The quantitative estimate of drug-likeness (QED) is 0.145. The zero-order chi connectivity index (χ0) is 43.3. The summed E-state index contributed by atoms with van der Waals surface area (Å²) >= 11 is 0. The van der Waals surface area contributed by atoms with E-state index in [9.17, 15) is 48.2 Å². The van der Waals surface area contributed by atoms with Crippen molar-refractivity contribution in [2.24, 2.45) is 11.8 Å². The first kappa shape index (κ1) is 42.6. The Bertz CT molecular complexity index is 2380. The molecule has 0 unspecified atom stereocenters. The monoisotopic (exact) mass is 838 g/mol. The standard InChI is InChI=1S/C23H22F2N4O2.C22H20F2N4O2.2H2/c24-23(25)6-4-17(5-7-23)21(18-9-14(12-26)8-15(10-18)13-27)22(30)28-20-11-19(29-31-20)16-2-1-3-16;23-22(24)5-4-16(10-22)20(17-7-13(11-25)6-14(8-17)12-26)21(29)27-19-9-18(28-30-19)15-2-1-3-15;;/h8-11,16-17,21H,1-7H2,(H,28,30);6-9,15-16,20H,1-5,10H2,(H,27,29);2*1H/t21-;16-,20-;;/m11../s1. The summed E-state index contributed by atoms with van der Waals surface area (Å²) in [7, 11) is 0. The molecule has 4 saturated carbocycles. The second-order valence-electron chi connectivity index (χ2n) is 16.6. The van der Waals surface area contributed by atoms with E-state index in [4.69, 9.17) is 9.05 Å². The maximum absolute atomic E-state index is 13.9. The molecule has 2 aromatic heterocycles.